The number of ether oxygens (including phenoxy) is 3. The van der Waals surface area contributed by atoms with E-state index >= 15 is 0 Å². The summed E-state index contributed by atoms with van der Waals surface area (Å²) < 4.78 is 44.5. The lowest BCUT2D eigenvalue weighted by Crippen LogP contribution is -2.47. The Hall–Kier alpha value is -5.27. The zero-order chi connectivity index (χ0) is 51.1. The molecule has 0 aromatic heterocycles. The van der Waals surface area contributed by atoms with Crippen molar-refractivity contribution in [1.29, 1.82) is 0 Å². The van der Waals surface area contributed by atoms with Crippen LogP contribution in [0, 0.1) is 11.3 Å². The number of aryl methyl sites for hydroxylation is 2. The fourth-order valence-electron chi connectivity index (χ4n) is 8.09. The van der Waals surface area contributed by atoms with Gasteiger partial charge in [0.1, 0.15) is 28.3 Å². The van der Waals surface area contributed by atoms with Gasteiger partial charge in [-0.15, -0.1) is 0 Å². The molecule has 14 nitrogen and oxygen atoms in total. The first-order valence-corrected chi connectivity index (χ1v) is 27.3. The maximum absolute atomic E-state index is 14.0. The van der Waals surface area contributed by atoms with Crippen molar-refractivity contribution < 1.29 is 52.5 Å². The maximum atomic E-state index is 14.0. The van der Waals surface area contributed by atoms with E-state index in [9.17, 15) is 28.6 Å². The zero-order valence-corrected chi connectivity index (χ0v) is 43.6. The van der Waals surface area contributed by atoms with E-state index in [0.717, 1.165) is 27.8 Å². The largest absolute Gasteiger partial charge is 0.481 e. The Morgan fingerprint density at radius 3 is 1.44 bits per heavy atom. The molecule has 5 aromatic rings. The Kier molecular flexibility index (Phi) is 22.9. The van der Waals surface area contributed by atoms with Crippen molar-refractivity contribution in [3.05, 3.63) is 179 Å². The number of carboxylic acids is 1. The molecule has 6 rings (SSSR count). The normalized spacial score (nSPS) is 16.6. The molecule has 0 aliphatic carbocycles. The number of carbonyl (C=O) groups is 3. The molecule has 0 radical (unpaired) electrons. The zero-order valence-electron chi connectivity index (χ0n) is 41.6. The standard InChI is InChI=1S/C33H41N2O6P.C22H30NO5P/c1-26(31(36)35-22-12-19-30(35)32(37)40-23-28-15-8-4-9-16-28)25-42(38)33(39-2,21-20-27-13-6-3-7-14-27)34-41-24-29-17-10-5-11-18-29;1-21(2,20(24)25)17-29(26)22(27-3,15-14-18-10-6-4-7-11-18)23-28-16-19-12-8-5-9-13-19/h3-11,13-18,26,30,34,42H,12,19-25H2,1-2H3;4-13,23,29H,14-17H2,1-3H3,(H,24,25)/t26?,30-,33?;/m0./s1. The van der Waals surface area contributed by atoms with Gasteiger partial charge in [0, 0.05) is 51.8 Å². The van der Waals surface area contributed by atoms with E-state index in [1.54, 1.807) is 25.7 Å². The smallest absolute Gasteiger partial charge is 0.329 e. The van der Waals surface area contributed by atoms with E-state index in [-0.39, 0.29) is 38.1 Å². The van der Waals surface area contributed by atoms with Crippen LogP contribution >= 0.6 is 15.6 Å². The quantitative estimate of drug-likeness (QED) is 0.0196. The van der Waals surface area contributed by atoms with Gasteiger partial charge in [-0.3, -0.25) is 19.3 Å². The summed E-state index contributed by atoms with van der Waals surface area (Å²) in [6.07, 6.45) is 3.36. The van der Waals surface area contributed by atoms with Gasteiger partial charge in [-0.2, -0.15) is 11.0 Å². The first-order chi connectivity index (χ1) is 34.2. The number of carbonyl (C=O) groups excluding carboxylic acids is 2. The molecule has 1 heterocycles. The summed E-state index contributed by atoms with van der Waals surface area (Å²) in [4.78, 5) is 51.1. The molecular weight excluding hydrogens is 941 g/mol. The number of rotatable bonds is 27. The topological polar surface area (TPSA) is 179 Å². The minimum atomic E-state index is -2.59. The lowest BCUT2D eigenvalue weighted by atomic mass is 9.97. The molecule has 1 aliphatic heterocycles. The molecule has 16 heteroatoms. The molecule has 5 unspecified atom stereocenters. The number of likely N-dealkylation sites (tertiary alicyclic amines) is 1. The van der Waals surface area contributed by atoms with Gasteiger partial charge in [-0.05, 0) is 67.3 Å². The number of hydrogen-bond acceptors (Lipinski definition) is 12. The number of hydrogen-bond donors (Lipinski definition) is 3. The number of esters is 1. The van der Waals surface area contributed by atoms with E-state index in [1.807, 2.05) is 152 Å². The second-order valence-electron chi connectivity index (χ2n) is 18.4. The van der Waals surface area contributed by atoms with Gasteiger partial charge in [0.05, 0.1) is 18.6 Å². The minimum Gasteiger partial charge on any atom is -0.481 e. The lowest BCUT2D eigenvalue weighted by molar-refractivity contribution is -0.155. The van der Waals surface area contributed by atoms with Gasteiger partial charge in [-0.25, -0.2) is 4.79 Å². The van der Waals surface area contributed by atoms with Crippen molar-refractivity contribution in [2.45, 2.75) is 96.1 Å². The first kappa shape index (κ1) is 56.6. The Labute approximate surface area is 420 Å². The summed E-state index contributed by atoms with van der Waals surface area (Å²) in [5, 5.41) is 9.45. The molecule has 382 valence electrons. The first-order valence-electron chi connectivity index (χ1n) is 24.1. The molecule has 71 heavy (non-hydrogen) atoms. The van der Waals surface area contributed by atoms with Crippen molar-refractivity contribution >= 4 is 33.4 Å². The summed E-state index contributed by atoms with van der Waals surface area (Å²) in [7, 11) is -2.16. The highest BCUT2D eigenvalue weighted by atomic mass is 31.1. The maximum Gasteiger partial charge on any atom is 0.329 e. The van der Waals surface area contributed by atoms with E-state index in [0.29, 0.717) is 45.1 Å². The molecule has 0 spiro atoms. The summed E-state index contributed by atoms with van der Waals surface area (Å²) in [5.41, 5.74) is 7.16. The van der Waals surface area contributed by atoms with E-state index in [1.165, 1.54) is 14.2 Å². The number of nitrogens with zero attached hydrogens (tertiary/aromatic N) is 1. The van der Waals surface area contributed by atoms with Gasteiger partial charge < -0.3 is 33.3 Å². The van der Waals surface area contributed by atoms with Crippen LogP contribution in [-0.2, 0) is 80.1 Å². The number of benzene rings is 5. The molecule has 0 saturated carbocycles. The van der Waals surface area contributed by atoms with Gasteiger partial charge in [0.25, 0.3) is 0 Å². The molecular formula is C55H71N3O11P2. The van der Waals surface area contributed by atoms with Crippen LogP contribution < -0.4 is 11.0 Å². The van der Waals surface area contributed by atoms with Crippen LogP contribution in [0.2, 0.25) is 0 Å². The fourth-order valence-corrected chi connectivity index (χ4v) is 12.0. The van der Waals surface area contributed by atoms with Crippen LogP contribution in [0.1, 0.15) is 74.3 Å². The summed E-state index contributed by atoms with van der Waals surface area (Å²) in [6.45, 7) is 6.07. The fraction of sp³-hybridized carbons (Fsp3) is 0.400. The van der Waals surface area contributed by atoms with Crippen LogP contribution in [0.25, 0.3) is 0 Å². The molecule has 0 bridgehead atoms. The molecule has 3 N–H and O–H groups in total. The molecule has 1 aliphatic rings. The Bertz CT molecular complexity index is 2420. The van der Waals surface area contributed by atoms with Gasteiger partial charge in [0.2, 0.25) is 5.91 Å². The summed E-state index contributed by atoms with van der Waals surface area (Å²) in [6, 6.07) is 47.8. The van der Waals surface area contributed by atoms with Crippen LogP contribution in [0.4, 0.5) is 0 Å². The number of hydroxylamine groups is 2. The van der Waals surface area contributed by atoms with Crippen molar-refractivity contribution in [3.8, 4) is 0 Å². The highest BCUT2D eigenvalue weighted by molar-refractivity contribution is 7.46. The molecule has 1 fully saturated rings. The lowest BCUT2D eigenvalue weighted by Gasteiger charge is -2.34. The van der Waals surface area contributed by atoms with Gasteiger partial charge >= 0.3 is 11.9 Å². The van der Waals surface area contributed by atoms with E-state index < -0.39 is 55.8 Å². The number of aliphatic carboxylic acids is 1. The second kappa shape index (κ2) is 28.7. The number of carboxylic acid groups (broad SMARTS) is 1. The van der Waals surface area contributed by atoms with Crippen molar-refractivity contribution in [3.63, 3.8) is 0 Å². The van der Waals surface area contributed by atoms with Crippen molar-refractivity contribution in [1.82, 2.24) is 15.9 Å². The van der Waals surface area contributed by atoms with Crippen LogP contribution in [-0.4, -0.2) is 77.9 Å². The van der Waals surface area contributed by atoms with Crippen molar-refractivity contribution in [2.24, 2.45) is 11.3 Å². The SMILES string of the molecule is COC(CCc1ccccc1)(NOCc1ccccc1)[PH](=O)CC(C)(C)C(=O)O.COC(CCc1ccccc1)(NOCc1ccccc1)[PH](=O)CC(C)C(=O)N1CCC[C@H]1C(=O)OCc1ccccc1. The summed E-state index contributed by atoms with van der Waals surface area (Å²) >= 11 is 0. The number of amides is 1. The third kappa shape index (κ3) is 17.5. The highest BCUT2D eigenvalue weighted by Crippen LogP contribution is 2.46. The number of methoxy groups -OCH3 is 2. The highest BCUT2D eigenvalue weighted by Gasteiger charge is 2.43. The Balaban J connectivity index is 0.000000283. The second-order valence-corrected chi connectivity index (χ2v) is 22.5. The van der Waals surface area contributed by atoms with E-state index in [4.69, 9.17) is 23.9 Å². The molecule has 1 saturated heterocycles. The predicted octanol–water partition coefficient (Wildman–Crippen LogP) is 9.88. The predicted molar refractivity (Wildman–Crippen MR) is 277 cm³/mol. The molecule has 6 atom stereocenters. The molecule has 1 amide bonds. The third-order valence-electron chi connectivity index (χ3n) is 12.6. The minimum absolute atomic E-state index is 0.00265. The summed E-state index contributed by atoms with van der Waals surface area (Å²) in [5.74, 6) is -2.18. The number of nitrogens with one attached hydrogen (secondary N) is 2. The van der Waals surface area contributed by atoms with Gasteiger partial charge in [0.15, 0.2) is 10.9 Å². The average Bonchev–Trinajstić information content (AvgIpc) is 3.89. The Morgan fingerprint density at radius 2 is 1.03 bits per heavy atom. The molecule has 5 aromatic carbocycles. The third-order valence-corrected chi connectivity index (χ3v) is 17.7. The van der Waals surface area contributed by atoms with Crippen molar-refractivity contribution in [2.75, 3.05) is 33.1 Å². The van der Waals surface area contributed by atoms with Crippen LogP contribution in [0.15, 0.2) is 152 Å². The Morgan fingerprint density at radius 1 is 0.634 bits per heavy atom. The van der Waals surface area contributed by atoms with E-state index in [2.05, 4.69) is 11.0 Å². The van der Waals surface area contributed by atoms with Gasteiger partial charge in [-0.1, -0.05) is 159 Å². The van der Waals surface area contributed by atoms with Crippen LogP contribution in [0.3, 0.4) is 0 Å². The average molecular weight is 1010 g/mol. The van der Waals surface area contributed by atoms with Crippen LogP contribution in [0.5, 0.6) is 0 Å². The monoisotopic (exact) mass is 1010 g/mol.